The van der Waals surface area contributed by atoms with Gasteiger partial charge >= 0.3 is 0 Å². The fraction of sp³-hybridized carbons (Fsp3) is 0.200. The maximum Gasteiger partial charge on any atom is 0.134 e. The molecule has 2 heteroatoms. The molecule has 3 aromatic rings. The molecule has 0 aliphatic rings. The molecule has 2 aromatic carbocycles. The van der Waals surface area contributed by atoms with Crippen molar-refractivity contribution in [2.75, 3.05) is 7.11 Å². The molecule has 22 heavy (non-hydrogen) atoms. The summed E-state index contributed by atoms with van der Waals surface area (Å²) in [5, 5.41) is 1.18. The normalized spacial score (nSPS) is 11.4. The van der Waals surface area contributed by atoms with Crippen LogP contribution < -0.4 is 4.74 Å². The summed E-state index contributed by atoms with van der Waals surface area (Å²) in [4.78, 5) is 0. The van der Waals surface area contributed by atoms with Gasteiger partial charge < -0.3 is 9.15 Å². The largest absolute Gasteiger partial charge is 0.497 e. The second-order valence-electron chi connectivity index (χ2n) is 5.29. The Kier molecular flexibility index (Phi) is 4.29. The topological polar surface area (TPSA) is 22.4 Å². The summed E-state index contributed by atoms with van der Waals surface area (Å²) in [5.74, 6) is 1.94. The third-order valence-corrected chi connectivity index (χ3v) is 3.75. The highest BCUT2D eigenvalue weighted by atomic mass is 16.5. The molecule has 0 amide bonds. The van der Waals surface area contributed by atoms with Crippen LogP contribution in [0.1, 0.15) is 30.2 Å². The summed E-state index contributed by atoms with van der Waals surface area (Å²) in [6, 6.07) is 16.3. The molecule has 0 saturated heterocycles. The van der Waals surface area contributed by atoms with Gasteiger partial charge in [0.15, 0.2) is 0 Å². The first-order valence-electron chi connectivity index (χ1n) is 7.64. The van der Waals surface area contributed by atoms with Crippen LogP contribution in [-0.2, 0) is 6.42 Å². The quantitative estimate of drug-likeness (QED) is 0.614. The molecule has 0 radical (unpaired) electrons. The Balaban J connectivity index is 1.97. The average molecular weight is 292 g/mol. The third-order valence-electron chi connectivity index (χ3n) is 3.75. The molecule has 112 valence electrons. The van der Waals surface area contributed by atoms with Gasteiger partial charge in [0.05, 0.1) is 7.11 Å². The van der Waals surface area contributed by atoms with Gasteiger partial charge in [0, 0.05) is 17.4 Å². The van der Waals surface area contributed by atoms with Gasteiger partial charge in [-0.25, -0.2) is 0 Å². The van der Waals surface area contributed by atoms with Crippen LogP contribution in [0, 0.1) is 0 Å². The van der Waals surface area contributed by atoms with E-state index in [1.165, 1.54) is 10.9 Å². The van der Waals surface area contributed by atoms with Crippen LogP contribution in [0.3, 0.4) is 0 Å². The number of ether oxygens (including phenoxy) is 1. The van der Waals surface area contributed by atoms with Crippen molar-refractivity contribution in [2.45, 2.75) is 19.8 Å². The second-order valence-corrected chi connectivity index (χ2v) is 5.29. The van der Waals surface area contributed by atoms with E-state index in [1.54, 1.807) is 7.11 Å². The Morgan fingerprint density at radius 3 is 2.50 bits per heavy atom. The number of methoxy groups -OCH3 is 1. The minimum Gasteiger partial charge on any atom is -0.497 e. The van der Waals surface area contributed by atoms with Gasteiger partial charge in [-0.05, 0) is 30.2 Å². The lowest BCUT2D eigenvalue weighted by molar-refractivity contribution is 0.415. The van der Waals surface area contributed by atoms with Crippen LogP contribution in [0.15, 0.2) is 52.9 Å². The summed E-state index contributed by atoms with van der Waals surface area (Å²) >= 11 is 0. The van der Waals surface area contributed by atoms with Crippen LogP contribution in [0.4, 0.5) is 0 Å². The van der Waals surface area contributed by atoms with Crippen LogP contribution in [0.2, 0.25) is 0 Å². The molecule has 1 aromatic heterocycles. The highest BCUT2D eigenvalue weighted by Gasteiger charge is 2.10. The zero-order chi connectivity index (χ0) is 15.4. The van der Waals surface area contributed by atoms with E-state index in [-0.39, 0.29) is 0 Å². The molecule has 0 spiro atoms. The Labute approximate surface area is 131 Å². The maximum atomic E-state index is 5.99. The van der Waals surface area contributed by atoms with E-state index in [0.29, 0.717) is 0 Å². The van der Waals surface area contributed by atoms with Gasteiger partial charge in [-0.3, -0.25) is 0 Å². The fourth-order valence-corrected chi connectivity index (χ4v) is 2.61. The van der Waals surface area contributed by atoms with Gasteiger partial charge in [0.25, 0.3) is 0 Å². The number of hydrogen-bond acceptors (Lipinski definition) is 2. The van der Waals surface area contributed by atoms with E-state index >= 15 is 0 Å². The monoisotopic (exact) mass is 292 g/mol. The van der Waals surface area contributed by atoms with Gasteiger partial charge in [-0.1, -0.05) is 49.4 Å². The number of para-hydroxylation sites is 1. The first-order chi connectivity index (χ1) is 10.8. The molecule has 1 heterocycles. The Morgan fingerprint density at radius 1 is 1.00 bits per heavy atom. The van der Waals surface area contributed by atoms with Crippen molar-refractivity contribution in [3.05, 3.63) is 65.4 Å². The van der Waals surface area contributed by atoms with Crippen molar-refractivity contribution in [3.63, 3.8) is 0 Å². The van der Waals surface area contributed by atoms with Crippen LogP contribution in [0.25, 0.3) is 23.1 Å². The summed E-state index contributed by atoms with van der Waals surface area (Å²) < 4.78 is 11.2. The Bertz CT molecular complexity index is 779. The summed E-state index contributed by atoms with van der Waals surface area (Å²) in [7, 11) is 1.68. The zero-order valence-corrected chi connectivity index (χ0v) is 13.0. The molecular formula is C20H20O2. The van der Waals surface area contributed by atoms with E-state index in [1.807, 2.05) is 24.3 Å². The molecule has 0 saturated carbocycles. The van der Waals surface area contributed by atoms with Crippen molar-refractivity contribution in [2.24, 2.45) is 0 Å². The minimum atomic E-state index is 0.873. The summed E-state index contributed by atoms with van der Waals surface area (Å²) in [6.45, 7) is 2.17. The highest BCUT2D eigenvalue weighted by molar-refractivity contribution is 5.91. The van der Waals surface area contributed by atoms with E-state index in [4.69, 9.17) is 9.15 Å². The SMILES string of the molecule is CCCc1oc2ccccc2c1C=Cc1ccc(OC)cc1. The van der Waals surface area contributed by atoms with Crippen molar-refractivity contribution in [1.82, 2.24) is 0 Å². The maximum absolute atomic E-state index is 5.99. The smallest absolute Gasteiger partial charge is 0.134 e. The van der Waals surface area contributed by atoms with Crippen molar-refractivity contribution in [3.8, 4) is 5.75 Å². The first-order valence-corrected chi connectivity index (χ1v) is 7.64. The number of furan rings is 1. The lowest BCUT2D eigenvalue weighted by Crippen LogP contribution is -1.83. The molecule has 0 fully saturated rings. The average Bonchev–Trinajstić information content (AvgIpc) is 2.91. The van der Waals surface area contributed by atoms with Gasteiger partial charge in [-0.2, -0.15) is 0 Å². The van der Waals surface area contributed by atoms with Gasteiger partial charge in [0.1, 0.15) is 17.1 Å². The highest BCUT2D eigenvalue weighted by Crippen LogP contribution is 2.28. The van der Waals surface area contributed by atoms with Crippen LogP contribution in [-0.4, -0.2) is 7.11 Å². The molecule has 2 nitrogen and oxygen atoms in total. The number of aryl methyl sites for hydroxylation is 1. The number of fused-ring (bicyclic) bond motifs is 1. The molecule has 0 aliphatic carbocycles. The van der Waals surface area contributed by atoms with E-state index < -0.39 is 0 Å². The van der Waals surface area contributed by atoms with Gasteiger partial charge in [0.2, 0.25) is 0 Å². The Hall–Kier alpha value is -2.48. The molecule has 0 atom stereocenters. The number of rotatable bonds is 5. The number of hydrogen-bond donors (Lipinski definition) is 0. The second kappa shape index (κ2) is 6.52. The lowest BCUT2D eigenvalue weighted by Gasteiger charge is -1.99. The number of benzene rings is 2. The van der Waals surface area contributed by atoms with Gasteiger partial charge in [-0.15, -0.1) is 0 Å². The van der Waals surface area contributed by atoms with E-state index in [0.717, 1.165) is 35.5 Å². The standard InChI is InChI=1S/C20H20O2/c1-3-6-19-18(17-7-4-5-8-20(17)22-19)14-11-15-9-12-16(21-2)13-10-15/h4-5,7-14H,3,6H2,1-2H3. The van der Waals surface area contributed by atoms with E-state index in [9.17, 15) is 0 Å². The zero-order valence-electron chi connectivity index (χ0n) is 13.0. The van der Waals surface area contributed by atoms with E-state index in [2.05, 4.69) is 43.3 Å². The van der Waals surface area contributed by atoms with Crippen molar-refractivity contribution >= 4 is 23.1 Å². The van der Waals surface area contributed by atoms with Crippen molar-refractivity contribution in [1.29, 1.82) is 0 Å². The molecule has 3 rings (SSSR count). The predicted octanol–water partition coefficient (Wildman–Crippen LogP) is 5.56. The summed E-state index contributed by atoms with van der Waals surface area (Å²) in [6.07, 6.45) is 6.30. The molecule has 0 aliphatic heterocycles. The van der Waals surface area contributed by atoms with Crippen LogP contribution in [0.5, 0.6) is 5.75 Å². The minimum absolute atomic E-state index is 0.873. The molecule has 0 bridgehead atoms. The third kappa shape index (κ3) is 2.91. The summed E-state index contributed by atoms with van der Waals surface area (Å²) in [5.41, 5.74) is 3.29. The molecule has 0 unspecified atom stereocenters. The first kappa shape index (κ1) is 14.5. The molecule has 0 N–H and O–H groups in total. The fourth-order valence-electron chi connectivity index (χ4n) is 2.61. The van der Waals surface area contributed by atoms with Crippen LogP contribution >= 0.6 is 0 Å². The lowest BCUT2D eigenvalue weighted by atomic mass is 10.1. The Morgan fingerprint density at radius 2 is 1.77 bits per heavy atom. The van der Waals surface area contributed by atoms with Crippen molar-refractivity contribution < 1.29 is 9.15 Å². The predicted molar refractivity (Wildman–Crippen MR) is 92.1 cm³/mol. The molecular weight excluding hydrogens is 272 g/mol.